The Morgan fingerprint density at radius 1 is 0.846 bits per heavy atom. The summed E-state index contributed by atoms with van der Waals surface area (Å²) in [5.74, 6) is 0. The van der Waals surface area contributed by atoms with Crippen LogP contribution in [0.5, 0.6) is 0 Å². The first-order valence-corrected chi connectivity index (χ1v) is 13.5. The van der Waals surface area contributed by atoms with E-state index < -0.39 is 8.07 Å². The molecular formula is C23H27NSSi. The lowest BCUT2D eigenvalue weighted by Crippen LogP contribution is -2.46. The van der Waals surface area contributed by atoms with Gasteiger partial charge in [-0.25, -0.2) is 0 Å². The van der Waals surface area contributed by atoms with Gasteiger partial charge in [-0.3, -0.25) is 4.98 Å². The number of thioether (sulfide) groups is 1. The molecule has 0 aliphatic rings. The lowest BCUT2D eigenvalue weighted by molar-refractivity contribution is 0.628. The van der Waals surface area contributed by atoms with E-state index in [4.69, 9.17) is 0 Å². The smallest absolute Gasteiger partial charge is 0.0818 e. The van der Waals surface area contributed by atoms with Crippen LogP contribution in [0.3, 0.4) is 0 Å². The highest BCUT2D eigenvalue weighted by atomic mass is 32.2. The first-order chi connectivity index (χ1) is 12.5. The zero-order valence-electron chi connectivity index (χ0n) is 16.1. The van der Waals surface area contributed by atoms with Gasteiger partial charge in [0, 0.05) is 22.7 Å². The molecule has 0 fully saturated rings. The van der Waals surface area contributed by atoms with Gasteiger partial charge in [-0.15, -0.1) is 11.8 Å². The lowest BCUT2D eigenvalue weighted by Gasteiger charge is -2.38. The highest BCUT2D eigenvalue weighted by Crippen LogP contribution is 2.39. The molecule has 0 spiro atoms. The zero-order valence-corrected chi connectivity index (χ0v) is 17.9. The lowest BCUT2D eigenvalue weighted by atomic mass is 9.78. The fraction of sp³-hybridized carbons (Fsp3) is 0.261. The van der Waals surface area contributed by atoms with Gasteiger partial charge in [0.2, 0.25) is 0 Å². The van der Waals surface area contributed by atoms with Crippen molar-refractivity contribution in [1.82, 2.24) is 4.98 Å². The van der Waals surface area contributed by atoms with E-state index in [1.165, 1.54) is 21.2 Å². The first kappa shape index (κ1) is 18.9. The number of benzene rings is 2. The van der Waals surface area contributed by atoms with Gasteiger partial charge in [-0.2, -0.15) is 0 Å². The van der Waals surface area contributed by atoms with Crippen molar-refractivity contribution in [3.63, 3.8) is 0 Å². The van der Waals surface area contributed by atoms with E-state index in [-0.39, 0.29) is 5.41 Å². The average molecular weight is 378 g/mol. The van der Waals surface area contributed by atoms with Crippen molar-refractivity contribution in [3.05, 3.63) is 90.3 Å². The van der Waals surface area contributed by atoms with Crippen molar-refractivity contribution < 1.29 is 0 Å². The first-order valence-electron chi connectivity index (χ1n) is 9.06. The van der Waals surface area contributed by atoms with Crippen molar-refractivity contribution >= 4 is 25.0 Å². The van der Waals surface area contributed by atoms with E-state index in [0.29, 0.717) is 0 Å². The van der Waals surface area contributed by atoms with Crippen molar-refractivity contribution in [2.45, 2.75) is 36.4 Å². The highest BCUT2D eigenvalue weighted by Gasteiger charge is 2.37. The van der Waals surface area contributed by atoms with Gasteiger partial charge in [-0.1, -0.05) is 67.7 Å². The van der Waals surface area contributed by atoms with Gasteiger partial charge in [-0.05, 0) is 47.7 Å². The zero-order chi connectivity index (χ0) is 18.6. The Bertz CT molecular complexity index is 831. The molecule has 134 valence electrons. The molecule has 1 heterocycles. The quantitative estimate of drug-likeness (QED) is 0.402. The van der Waals surface area contributed by atoms with Crippen LogP contribution in [0.4, 0.5) is 0 Å². The van der Waals surface area contributed by atoms with Crippen molar-refractivity contribution in [3.8, 4) is 0 Å². The Hall–Kier alpha value is -1.84. The van der Waals surface area contributed by atoms with Crippen LogP contribution in [0, 0.1) is 0 Å². The summed E-state index contributed by atoms with van der Waals surface area (Å²) in [6, 6.07) is 25.7. The number of rotatable bonds is 6. The van der Waals surface area contributed by atoms with E-state index in [9.17, 15) is 0 Å². The largest absolute Gasteiger partial charge is 0.265 e. The van der Waals surface area contributed by atoms with E-state index >= 15 is 0 Å². The van der Waals surface area contributed by atoms with Crippen LogP contribution in [-0.4, -0.2) is 19.3 Å². The molecule has 3 heteroatoms. The Balaban J connectivity index is 2.06. The topological polar surface area (TPSA) is 12.9 Å². The van der Waals surface area contributed by atoms with Gasteiger partial charge < -0.3 is 0 Å². The molecule has 26 heavy (non-hydrogen) atoms. The van der Waals surface area contributed by atoms with Gasteiger partial charge in [0.15, 0.2) is 0 Å². The maximum absolute atomic E-state index is 4.24. The number of nitrogens with zero attached hydrogens (tertiary/aromatic N) is 1. The number of aromatic nitrogens is 1. The van der Waals surface area contributed by atoms with E-state index in [1.54, 1.807) is 11.8 Å². The minimum atomic E-state index is -1.63. The van der Waals surface area contributed by atoms with Gasteiger partial charge >= 0.3 is 0 Å². The Labute approximate surface area is 162 Å². The molecule has 0 amide bonds. The normalized spacial score (nSPS) is 14.0. The summed E-state index contributed by atoms with van der Waals surface area (Å²) in [4.78, 5) is 5.55. The minimum Gasteiger partial charge on any atom is -0.265 e. The second-order valence-corrected chi connectivity index (χ2v) is 13.3. The van der Waals surface area contributed by atoms with Crippen molar-refractivity contribution in [2.24, 2.45) is 0 Å². The van der Waals surface area contributed by atoms with Crippen LogP contribution in [-0.2, 0) is 5.41 Å². The summed E-state index contributed by atoms with van der Waals surface area (Å²) in [6.07, 6.45) is 5.96. The van der Waals surface area contributed by atoms with Gasteiger partial charge in [0.05, 0.1) is 8.07 Å². The van der Waals surface area contributed by atoms with Crippen LogP contribution >= 0.6 is 11.8 Å². The maximum Gasteiger partial charge on any atom is 0.0818 e. The monoisotopic (exact) mass is 377 g/mol. The van der Waals surface area contributed by atoms with Crippen LogP contribution in [0.25, 0.3) is 0 Å². The Kier molecular flexibility index (Phi) is 5.69. The van der Waals surface area contributed by atoms with E-state index in [1.807, 2.05) is 12.4 Å². The van der Waals surface area contributed by atoms with Crippen LogP contribution < -0.4 is 5.19 Å². The molecule has 3 rings (SSSR count). The third kappa shape index (κ3) is 3.94. The molecule has 0 radical (unpaired) electrons. The SMILES string of the molecule is CSc1ccc(C(C)(C[Si](C)(C)c2ccccc2)c2ccncc2)cc1. The molecule has 0 saturated carbocycles. The fourth-order valence-corrected chi connectivity index (χ4v) is 7.81. The molecule has 0 bridgehead atoms. The standard InChI is InChI=1S/C23H27NSSi/c1-23(20-14-16-24-17-15-20,19-10-12-21(25-2)13-11-19)18-26(3,4)22-8-6-5-7-9-22/h5-17H,18H2,1-4H3. The molecule has 1 aromatic heterocycles. The van der Waals surface area contributed by atoms with E-state index in [2.05, 4.69) is 98.0 Å². The summed E-state index contributed by atoms with van der Waals surface area (Å²) >= 11 is 1.79. The molecule has 0 aliphatic heterocycles. The number of hydrogen-bond donors (Lipinski definition) is 0. The Morgan fingerprint density at radius 3 is 2.00 bits per heavy atom. The molecule has 0 N–H and O–H groups in total. The summed E-state index contributed by atoms with van der Waals surface area (Å²) in [5.41, 5.74) is 2.71. The predicted octanol–water partition coefficient (Wildman–Crippen LogP) is 5.73. The molecule has 2 aromatic carbocycles. The van der Waals surface area contributed by atoms with Crippen LogP contribution in [0.15, 0.2) is 84.0 Å². The molecule has 0 saturated heterocycles. The number of hydrogen-bond acceptors (Lipinski definition) is 2. The third-order valence-electron chi connectivity index (χ3n) is 5.40. The molecule has 1 atom stereocenters. The second kappa shape index (κ2) is 7.81. The van der Waals surface area contributed by atoms with E-state index in [0.717, 1.165) is 6.04 Å². The molecular weight excluding hydrogens is 350 g/mol. The fourth-order valence-electron chi connectivity index (χ4n) is 3.92. The molecule has 1 unspecified atom stereocenters. The summed E-state index contributed by atoms with van der Waals surface area (Å²) in [5, 5.41) is 1.51. The van der Waals surface area contributed by atoms with Crippen LogP contribution in [0.2, 0.25) is 19.1 Å². The number of pyridine rings is 1. The maximum atomic E-state index is 4.24. The molecule has 1 nitrogen and oxygen atoms in total. The second-order valence-electron chi connectivity index (χ2n) is 7.72. The minimum absolute atomic E-state index is 0.0224. The van der Waals surface area contributed by atoms with Crippen molar-refractivity contribution in [2.75, 3.05) is 6.26 Å². The summed E-state index contributed by atoms with van der Waals surface area (Å²) < 4.78 is 0. The molecule has 0 aliphatic carbocycles. The van der Waals surface area contributed by atoms with Gasteiger partial charge in [0.1, 0.15) is 0 Å². The van der Waals surface area contributed by atoms with Crippen LogP contribution in [0.1, 0.15) is 18.1 Å². The third-order valence-corrected chi connectivity index (χ3v) is 9.63. The predicted molar refractivity (Wildman–Crippen MR) is 117 cm³/mol. The average Bonchev–Trinajstić information content (AvgIpc) is 2.69. The Morgan fingerprint density at radius 2 is 1.42 bits per heavy atom. The summed E-state index contributed by atoms with van der Waals surface area (Å²) in [7, 11) is -1.63. The molecule has 3 aromatic rings. The highest BCUT2D eigenvalue weighted by molar-refractivity contribution is 7.98. The van der Waals surface area contributed by atoms with Gasteiger partial charge in [0.25, 0.3) is 0 Å². The van der Waals surface area contributed by atoms with Crippen molar-refractivity contribution in [1.29, 1.82) is 0 Å². The summed E-state index contributed by atoms with van der Waals surface area (Å²) in [6.45, 7) is 7.37.